The average molecular weight is 407 g/mol. The van der Waals surface area contributed by atoms with Crippen LogP contribution in [-0.2, 0) is 17.9 Å². The molecule has 0 fully saturated rings. The fourth-order valence-electron chi connectivity index (χ4n) is 2.98. The molecule has 1 aromatic heterocycles. The van der Waals surface area contributed by atoms with Crippen LogP contribution in [0.1, 0.15) is 18.9 Å². The Morgan fingerprint density at radius 1 is 1.10 bits per heavy atom. The zero-order valence-corrected chi connectivity index (χ0v) is 17.1. The molecule has 2 aromatic carbocycles. The van der Waals surface area contributed by atoms with E-state index in [0.717, 1.165) is 16.9 Å². The minimum absolute atomic E-state index is 0.144. The molecule has 3 rings (SSSR count). The normalized spacial score (nSPS) is 10.5. The maximum atomic E-state index is 12.3. The van der Waals surface area contributed by atoms with Gasteiger partial charge in [0.05, 0.1) is 26.0 Å². The van der Waals surface area contributed by atoms with E-state index in [1.807, 2.05) is 55.5 Å². The number of aromatic nitrogens is 2. The molecule has 0 aliphatic rings. The fourth-order valence-corrected chi connectivity index (χ4v) is 2.98. The van der Waals surface area contributed by atoms with E-state index < -0.39 is 0 Å². The average Bonchev–Trinajstić information content (AvgIpc) is 2.78. The van der Waals surface area contributed by atoms with Gasteiger partial charge in [0.25, 0.3) is 5.56 Å². The van der Waals surface area contributed by atoms with Crippen molar-refractivity contribution in [3.05, 3.63) is 76.6 Å². The van der Waals surface area contributed by atoms with E-state index in [-0.39, 0.29) is 24.4 Å². The van der Waals surface area contributed by atoms with Gasteiger partial charge in [0.2, 0.25) is 5.91 Å². The molecule has 0 saturated heterocycles. The SMILES string of the molecule is CCOc1ccccc1CNC(=O)CCn1nc(-c2cccc(OC)c2)ccc1=O. The third-order valence-electron chi connectivity index (χ3n) is 4.53. The van der Waals surface area contributed by atoms with E-state index in [9.17, 15) is 9.59 Å². The van der Waals surface area contributed by atoms with Gasteiger partial charge in [-0.3, -0.25) is 9.59 Å². The summed E-state index contributed by atoms with van der Waals surface area (Å²) in [4.78, 5) is 24.5. The molecule has 0 radical (unpaired) electrons. The number of para-hydroxylation sites is 1. The summed E-state index contributed by atoms with van der Waals surface area (Å²) in [7, 11) is 1.60. The van der Waals surface area contributed by atoms with Gasteiger partial charge in [-0.15, -0.1) is 0 Å². The minimum Gasteiger partial charge on any atom is -0.497 e. The van der Waals surface area contributed by atoms with Gasteiger partial charge in [0.15, 0.2) is 0 Å². The zero-order chi connectivity index (χ0) is 21.3. The summed E-state index contributed by atoms with van der Waals surface area (Å²) in [5.41, 5.74) is 2.12. The fraction of sp³-hybridized carbons (Fsp3) is 0.261. The summed E-state index contributed by atoms with van der Waals surface area (Å²) < 4.78 is 12.1. The summed E-state index contributed by atoms with van der Waals surface area (Å²) >= 11 is 0. The Hall–Kier alpha value is -3.61. The third kappa shape index (κ3) is 5.47. The number of rotatable bonds is 9. The number of aryl methyl sites for hydroxylation is 1. The van der Waals surface area contributed by atoms with Crippen molar-refractivity contribution < 1.29 is 14.3 Å². The number of carbonyl (C=O) groups is 1. The van der Waals surface area contributed by atoms with Crippen molar-refractivity contribution in [1.29, 1.82) is 0 Å². The molecule has 7 heteroatoms. The Balaban J connectivity index is 1.63. The lowest BCUT2D eigenvalue weighted by molar-refractivity contribution is -0.121. The Morgan fingerprint density at radius 3 is 2.73 bits per heavy atom. The number of carbonyl (C=O) groups excluding carboxylic acids is 1. The smallest absolute Gasteiger partial charge is 0.266 e. The second kappa shape index (κ2) is 10.2. The number of ether oxygens (including phenoxy) is 2. The van der Waals surface area contributed by atoms with E-state index in [0.29, 0.717) is 24.6 Å². The first kappa shape index (κ1) is 21.1. The maximum Gasteiger partial charge on any atom is 0.266 e. The van der Waals surface area contributed by atoms with Crippen molar-refractivity contribution in [2.75, 3.05) is 13.7 Å². The highest BCUT2D eigenvalue weighted by atomic mass is 16.5. The van der Waals surface area contributed by atoms with Gasteiger partial charge in [-0.1, -0.05) is 30.3 Å². The number of nitrogens with one attached hydrogen (secondary N) is 1. The second-order valence-corrected chi connectivity index (χ2v) is 6.58. The van der Waals surface area contributed by atoms with E-state index in [1.54, 1.807) is 13.2 Å². The van der Waals surface area contributed by atoms with E-state index in [2.05, 4.69) is 10.4 Å². The Labute approximate surface area is 175 Å². The van der Waals surface area contributed by atoms with Crippen LogP contribution in [0.2, 0.25) is 0 Å². The number of hydrogen-bond acceptors (Lipinski definition) is 5. The van der Waals surface area contributed by atoms with Crippen LogP contribution in [0.25, 0.3) is 11.3 Å². The van der Waals surface area contributed by atoms with Gasteiger partial charge in [0, 0.05) is 30.2 Å². The molecule has 1 amide bonds. The highest BCUT2D eigenvalue weighted by Crippen LogP contribution is 2.21. The van der Waals surface area contributed by atoms with Crippen LogP contribution in [0.5, 0.6) is 11.5 Å². The summed E-state index contributed by atoms with van der Waals surface area (Å²) in [5.74, 6) is 1.30. The van der Waals surface area contributed by atoms with E-state index >= 15 is 0 Å². The van der Waals surface area contributed by atoms with Gasteiger partial charge < -0.3 is 14.8 Å². The number of benzene rings is 2. The molecule has 0 unspecified atom stereocenters. The molecule has 0 saturated carbocycles. The van der Waals surface area contributed by atoms with Gasteiger partial charge in [-0.25, -0.2) is 4.68 Å². The topological polar surface area (TPSA) is 82.4 Å². The number of nitrogens with zero attached hydrogens (tertiary/aromatic N) is 2. The van der Waals surface area contributed by atoms with Crippen molar-refractivity contribution in [3.8, 4) is 22.8 Å². The van der Waals surface area contributed by atoms with Gasteiger partial charge in [-0.05, 0) is 31.2 Å². The molecule has 0 atom stereocenters. The quantitative estimate of drug-likeness (QED) is 0.590. The van der Waals surface area contributed by atoms with Gasteiger partial charge in [0.1, 0.15) is 11.5 Å². The molecule has 0 aliphatic heterocycles. The summed E-state index contributed by atoms with van der Waals surface area (Å²) in [6, 6.07) is 18.1. The standard InChI is InChI=1S/C23H25N3O4/c1-3-30-21-10-5-4-7-18(21)16-24-22(27)13-14-26-23(28)12-11-20(25-26)17-8-6-9-19(15-17)29-2/h4-12,15H,3,13-14,16H2,1-2H3,(H,24,27). The lowest BCUT2D eigenvalue weighted by Gasteiger charge is -2.11. The Kier molecular flexibility index (Phi) is 7.21. The summed E-state index contributed by atoms with van der Waals surface area (Å²) in [5, 5.41) is 7.27. The Morgan fingerprint density at radius 2 is 1.93 bits per heavy atom. The van der Waals surface area contributed by atoms with Crippen LogP contribution in [0, 0.1) is 0 Å². The van der Waals surface area contributed by atoms with Crippen LogP contribution >= 0.6 is 0 Å². The van der Waals surface area contributed by atoms with Crippen LogP contribution in [0.3, 0.4) is 0 Å². The largest absolute Gasteiger partial charge is 0.497 e. The van der Waals surface area contributed by atoms with Crippen molar-refractivity contribution in [2.24, 2.45) is 0 Å². The molecule has 0 aliphatic carbocycles. The van der Waals surface area contributed by atoms with Crippen molar-refractivity contribution in [2.45, 2.75) is 26.4 Å². The molecule has 0 bridgehead atoms. The lowest BCUT2D eigenvalue weighted by Crippen LogP contribution is -2.28. The molecular formula is C23H25N3O4. The predicted molar refractivity (Wildman–Crippen MR) is 115 cm³/mol. The highest BCUT2D eigenvalue weighted by Gasteiger charge is 2.09. The molecule has 30 heavy (non-hydrogen) atoms. The molecule has 7 nitrogen and oxygen atoms in total. The van der Waals surface area contributed by atoms with Crippen LogP contribution in [0.4, 0.5) is 0 Å². The van der Waals surface area contributed by atoms with E-state index in [1.165, 1.54) is 10.7 Å². The monoisotopic (exact) mass is 407 g/mol. The number of methoxy groups -OCH3 is 1. The molecule has 1 heterocycles. The first-order chi connectivity index (χ1) is 14.6. The second-order valence-electron chi connectivity index (χ2n) is 6.58. The van der Waals surface area contributed by atoms with Crippen molar-refractivity contribution in [3.63, 3.8) is 0 Å². The van der Waals surface area contributed by atoms with E-state index in [4.69, 9.17) is 9.47 Å². The Bertz CT molecular complexity index is 1060. The van der Waals surface area contributed by atoms with Crippen molar-refractivity contribution in [1.82, 2.24) is 15.1 Å². The highest BCUT2D eigenvalue weighted by molar-refractivity contribution is 5.75. The number of hydrogen-bond donors (Lipinski definition) is 1. The zero-order valence-electron chi connectivity index (χ0n) is 17.1. The minimum atomic E-state index is -0.254. The molecule has 0 spiro atoms. The molecule has 1 N–H and O–H groups in total. The first-order valence-electron chi connectivity index (χ1n) is 9.80. The maximum absolute atomic E-state index is 12.3. The van der Waals surface area contributed by atoms with Gasteiger partial charge in [-0.2, -0.15) is 5.10 Å². The third-order valence-corrected chi connectivity index (χ3v) is 4.53. The summed E-state index contributed by atoms with van der Waals surface area (Å²) in [6.07, 6.45) is 0.144. The van der Waals surface area contributed by atoms with Crippen molar-refractivity contribution >= 4 is 5.91 Å². The summed E-state index contributed by atoms with van der Waals surface area (Å²) in [6.45, 7) is 3.03. The number of amides is 1. The van der Waals surface area contributed by atoms with Crippen LogP contribution in [0.15, 0.2) is 65.5 Å². The van der Waals surface area contributed by atoms with Gasteiger partial charge >= 0.3 is 0 Å². The lowest BCUT2D eigenvalue weighted by atomic mass is 10.1. The predicted octanol–water partition coefficient (Wildman–Crippen LogP) is 3.02. The van der Waals surface area contributed by atoms with Crippen LogP contribution in [-0.4, -0.2) is 29.4 Å². The molecular weight excluding hydrogens is 382 g/mol. The van der Waals surface area contributed by atoms with Crippen LogP contribution < -0.4 is 20.3 Å². The first-order valence-corrected chi connectivity index (χ1v) is 9.80. The molecule has 3 aromatic rings. The molecule has 156 valence electrons.